The minimum atomic E-state index is -4.39. The predicted octanol–water partition coefficient (Wildman–Crippen LogP) is -0.984. The van der Waals surface area contributed by atoms with E-state index in [2.05, 4.69) is 37.2 Å². The summed E-state index contributed by atoms with van der Waals surface area (Å²) >= 11 is 3.97. The highest BCUT2D eigenvalue weighted by molar-refractivity contribution is 8.44. The van der Waals surface area contributed by atoms with Crippen LogP contribution in [-0.4, -0.2) is 99.3 Å². The number of halogens is 1. The molecule has 226 valence electrons. The van der Waals surface area contributed by atoms with E-state index in [0.29, 0.717) is 5.39 Å². The first-order chi connectivity index (χ1) is 20.0. The summed E-state index contributed by atoms with van der Waals surface area (Å²) in [5.41, 5.74) is 11.0. The van der Waals surface area contributed by atoms with Crippen molar-refractivity contribution in [3.8, 4) is 0 Å². The first-order valence-electron chi connectivity index (χ1n) is 12.4. The Balaban J connectivity index is 1.19. The number of nitrogens with two attached hydrogens (primary N) is 2. The van der Waals surface area contributed by atoms with Gasteiger partial charge in [0.05, 0.1) is 24.9 Å². The minimum Gasteiger partial charge on any atom is -0.394 e. The summed E-state index contributed by atoms with van der Waals surface area (Å²) < 4.78 is 53.2. The summed E-state index contributed by atoms with van der Waals surface area (Å²) in [6.45, 7) is -5.67. The second kappa shape index (κ2) is 10.8. The zero-order valence-electron chi connectivity index (χ0n) is 21.2. The van der Waals surface area contributed by atoms with Crippen LogP contribution < -0.4 is 17.0 Å². The van der Waals surface area contributed by atoms with Crippen LogP contribution in [0, 0.1) is 0 Å². The lowest BCUT2D eigenvalue weighted by molar-refractivity contribution is -0.0534. The molecule has 0 amide bonds. The van der Waals surface area contributed by atoms with Gasteiger partial charge in [-0.1, -0.05) is 12.2 Å². The maximum Gasteiger partial charge on any atom is 0.386 e. The highest BCUT2D eigenvalue weighted by Crippen LogP contribution is 2.57. The number of rotatable bonds is 8. The Bertz CT molecular complexity index is 1740. The number of nitrogen functional groups attached to an aromatic ring is 2. The van der Waals surface area contributed by atoms with E-state index in [1.165, 1.54) is 21.7 Å². The van der Waals surface area contributed by atoms with Crippen molar-refractivity contribution in [2.45, 2.75) is 49.1 Å². The van der Waals surface area contributed by atoms with E-state index in [9.17, 15) is 24.7 Å². The lowest BCUT2D eigenvalue weighted by Gasteiger charge is -2.25. The number of hydrogen-bond donors (Lipinski definition) is 7. The fourth-order valence-corrected chi connectivity index (χ4v) is 6.41. The topological polar surface area (TPSA) is 261 Å². The molecular weight excluding hydrogens is 604 g/mol. The zero-order chi connectivity index (χ0) is 29.9. The third-order valence-electron chi connectivity index (χ3n) is 6.98. The number of aliphatic hydroxyl groups is 3. The van der Waals surface area contributed by atoms with Crippen LogP contribution in [-0.2, 0) is 23.1 Å². The fourth-order valence-electron chi connectivity index (χ4n) is 4.95. The van der Waals surface area contributed by atoms with Crippen LogP contribution >= 0.6 is 19.0 Å². The smallest absolute Gasteiger partial charge is 0.386 e. The first kappa shape index (κ1) is 28.9. The van der Waals surface area contributed by atoms with Gasteiger partial charge in [-0.15, -0.1) is 0 Å². The lowest BCUT2D eigenvalue weighted by atomic mass is 10.1. The van der Waals surface area contributed by atoms with Gasteiger partial charge in [0.1, 0.15) is 48.3 Å². The summed E-state index contributed by atoms with van der Waals surface area (Å²) in [7, 11) is 0. The number of aliphatic hydroxyl groups excluding tert-OH is 3. The molecule has 21 heteroatoms. The highest BCUT2D eigenvalue weighted by Gasteiger charge is 2.50. The number of thiol groups is 1. The van der Waals surface area contributed by atoms with E-state index in [-0.39, 0.29) is 28.6 Å². The molecular formula is C21H25FN9O9PS. The Morgan fingerprint density at radius 3 is 2.64 bits per heavy atom. The normalized spacial score (nSPS) is 31.3. The van der Waals surface area contributed by atoms with Crippen molar-refractivity contribution in [1.29, 1.82) is 0 Å². The average Bonchev–Trinajstić information content (AvgIpc) is 3.69. The summed E-state index contributed by atoms with van der Waals surface area (Å²) in [5, 5.41) is 31.4. The van der Waals surface area contributed by atoms with Crippen molar-refractivity contribution in [2.24, 2.45) is 0 Å². The fraction of sp³-hybridized carbons (Fsp3) is 0.476. The predicted molar refractivity (Wildman–Crippen MR) is 144 cm³/mol. The maximum atomic E-state index is 15.1. The second-order valence-electron chi connectivity index (χ2n) is 9.57. The van der Waals surface area contributed by atoms with Crippen molar-refractivity contribution in [3.63, 3.8) is 0 Å². The van der Waals surface area contributed by atoms with E-state index in [1.54, 1.807) is 6.07 Å². The Morgan fingerprint density at radius 1 is 1.12 bits per heavy atom. The minimum absolute atomic E-state index is 0.0392. The number of alkyl halides is 1. The summed E-state index contributed by atoms with van der Waals surface area (Å²) in [6.07, 6.45) is -7.97. The van der Waals surface area contributed by atoms with Crippen LogP contribution in [0.5, 0.6) is 0 Å². The number of nitrogens with zero attached hydrogens (tertiary/aromatic N) is 6. The highest BCUT2D eigenvalue weighted by atomic mass is 32.7. The molecule has 2 aliphatic heterocycles. The van der Waals surface area contributed by atoms with E-state index < -0.39 is 74.7 Å². The summed E-state index contributed by atoms with van der Waals surface area (Å²) in [6, 6.07) is 1.57. The van der Waals surface area contributed by atoms with Gasteiger partial charge >= 0.3 is 6.80 Å². The van der Waals surface area contributed by atoms with E-state index in [1.807, 2.05) is 0 Å². The molecule has 6 heterocycles. The molecule has 2 saturated heterocycles. The molecule has 4 aromatic heterocycles. The number of aromatic amines is 1. The molecule has 0 radical (unpaired) electrons. The molecule has 0 aromatic carbocycles. The van der Waals surface area contributed by atoms with Gasteiger partial charge in [-0.2, -0.15) is 4.98 Å². The molecule has 6 rings (SSSR count). The molecule has 9 atom stereocenters. The average molecular weight is 630 g/mol. The van der Waals surface area contributed by atoms with Gasteiger partial charge in [0, 0.05) is 6.20 Å². The number of imidazole rings is 1. The van der Waals surface area contributed by atoms with Crippen LogP contribution in [0.3, 0.4) is 0 Å². The third-order valence-corrected chi connectivity index (χ3v) is 8.60. The zero-order valence-corrected chi connectivity index (χ0v) is 23.0. The third kappa shape index (κ3) is 4.93. The number of ether oxygens (including phenoxy) is 2. The molecule has 4 aromatic rings. The van der Waals surface area contributed by atoms with Gasteiger partial charge < -0.3 is 40.8 Å². The quantitative estimate of drug-likeness (QED) is 0.0912. The van der Waals surface area contributed by atoms with Gasteiger partial charge in [0.2, 0.25) is 5.95 Å². The second-order valence-corrected chi connectivity index (χ2v) is 12.4. The number of nitrogens with one attached hydrogen (secondary N) is 1. The first-order valence-corrected chi connectivity index (χ1v) is 15.1. The molecule has 8 N–H and O–H groups in total. The molecule has 0 aliphatic carbocycles. The van der Waals surface area contributed by atoms with Gasteiger partial charge in [0.15, 0.2) is 29.8 Å². The Hall–Kier alpha value is -3.20. The Labute approximate surface area is 239 Å². The monoisotopic (exact) mass is 629 g/mol. The molecule has 2 aliphatic rings. The van der Waals surface area contributed by atoms with Crippen LogP contribution in [0.25, 0.3) is 22.2 Å². The largest absolute Gasteiger partial charge is 0.394 e. The number of H-pyrrole nitrogens is 1. The van der Waals surface area contributed by atoms with Gasteiger partial charge in [0.25, 0.3) is 5.56 Å². The van der Waals surface area contributed by atoms with Gasteiger partial charge in [-0.05, 0) is 6.07 Å². The van der Waals surface area contributed by atoms with E-state index in [0.717, 1.165) is 6.33 Å². The molecule has 2 fully saturated rings. The van der Waals surface area contributed by atoms with Crippen LogP contribution in [0.15, 0.2) is 29.7 Å². The molecule has 18 nitrogen and oxygen atoms in total. The van der Waals surface area contributed by atoms with Gasteiger partial charge in [-0.3, -0.25) is 23.4 Å². The Kier molecular flexibility index (Phi) is 7.44. The SMILES string of the molecule is Nc1nc2c(ncn2[C@@H]2O[C@H](CO)C(O)[C@@H]2OP(=O)(S)OC[C@H]2O[C@@H](n3ccc4c(N)ncnc43)[C@@H](F)C2O)c(=O)[nH]1. The van der Waals surface area contributed by atoms with Crippen molar-refractivity contribution in [1.82, 2.24) is 34.1 Å². The number of fused-ring (bicyclic) bond motifs is 2. The number of aromatic nitrogens is 7. The summed E-state index contributed by atoms with van der Waals surface area (Å²) in [5.74, 6) is -0.0501. The number of anilines is 2. The summed E-state index contributed by atoms with van der Waals surface area (Å²) in [4.78, 5) is 30.5. The molecule has 3 unspecified atom stereocenters. The maximum absolute atomic E-state index is 15.1. The van der Waals surface area contributed by atoms with Crippen LogP contribution in [0.2, 0.25) is 0 Å². The molecule has 0 bridgehead atoms. The van der Waals surface area contributed by atoms with Crippen LogP contribution in [0.1, 0.15) is 12.5 Å². The van der Waals surface area contributed by atoms with Crippen molar-refractivity contribution in [2.75, 3.05) is 24.7 Å². The van der Waals surface area contributed by atoms with Crippen molar-refractivity contribution >= 4 is 53.0 Å². The van der Waals surface area contributed by atoms with Crippen molar-refractivity contribution in [3.05, 3.63) is 35.3 Å². The Morgan fingerprint density at radius 2 is 1.88 bits per heavy atom. The van der Waals surface area contributed by atoms with Crippen LogP contribution in [0.4, 0.5) is 16.2 Å². The number of hydrogen-bond acceptors (Lipinski definition) is 15. The molecule has 0 spiro atoms. The lowest BCUT2D eigenvalue weighted by Crippen LogP contribution is -2.35. The van der Waals surface area contributed by atoms with Crippen molar-refractivity contribution < 1.29 is 42.8 Å². The standard InChI is InChI=1S/C21H25FN9O9PS/c22-10-12(33)9(39-19(10)30-2-1-7-15(23)25-5-26-16(7)30)4-37-41(36,42)40-14-13(34)8(3-32)38-20(14)31-6-27-11-17(31)28-21(24)29-18(11)35/h1-2,5-6,8-10,12-14,19-20,32-34H,3-4H2,(H,36,42)(H2,23,25,26)(H3,24,28,29,35)/t8-,9-,10+,12?,13?,14+,19-,20-,41?/m1/s1. The van der Waals surface area contributed by atoms with Gasteiger partial charge in [-0.25, -0.2) is 23.9 Å². The molecule has 0 saturated carbocycles. The van der Waals surface area contributed by atoms with E-state index >= 15 is 4.39 Å². The van der Waals surface area contributed by atoms with E-state index in [4.69, 9.17) is 30.0 Å². The molecule has 42 heavy (non-hydrogen) atoms.